The van der Waals surface area contributed by atoms with Gasteiger partial charge in [0, 0.05) is 25.9 Å². The van der Waals surface area contributed by atoms with Gasteiger partial charge in [-0.1, -0.05) is 12.1 Å². The van der Waals surface area contributed by atoms with Crippen molar-refractivity contribution in [2.24, 2.45) is 0 Å². The molecule has 1 aromatic carbocycles. The molecule has 5 nitrogen and oxygen atoms in total. The molecule has 1 aromatic heterocycles. The molecule has 0 bridgehead atoms. The number of carboxylic acid groups (broad SMARTS) is 1. The summed E-state index contributed by atoms with van der Waals surface area (Å²) in [6, 6.07) is 7.24. The van der Waals surface area contributed by atoms with Gasteiger partial charge in [-0.25, -0.2) is 9.78 Å². The van der Waals surface area contributed by atoms with E-state index < -0.39 is 23.8 Å². The molecule has 8 heteroatoms. The van der Waals surface area contributed by atoms with Crippen LogP contribution in [0.25, 0.3) is 11.1 Å². The lowest BCUT2D eigenvalue weighted by molar-refractivity contribution is -0.144. The van der Waals surface area contributed by atoms with Gasteiger partial charge in [0.15, 0.2) is 6.10 Å². The highest BCUT2D eigenvalue weighted by Gasteiger charge is 2.32. The first-order chi connectivity index (χ1) is 11.6. The normalized spacial score (nSPS) is 12.6. The van der Waals surface area contributed by atoms with Gasteiger partial charge in [-0.2, -0.15) is 13.2 Å². The first kappa shape index (κ1) is 18.6. The van der Waals surface area contributed by atoms with E-state index in [9.17, 15) is 18.0 Å². The Morgan fingerprint density at radius 3 is 2.52 bits per heavy atom. The molecular weight excluding hydrogens is 337 g/mol. The number of halogens is 3. The summed E-state index contributed by atoms with van der Waals surface area (Å²) in [5, 5.41) is 8.91. The van der Waals surface area contributed by atoms with Crippen molar-refractivity contribution in [3.05, 3.63) is 42.1 Å². The third-order valence-corrected chi connectivity index (χ3v) is 3.42. The van der Waals surface area contributed by atoms with Crippen LogP contribution in [0.1, 0.15) is 12.5 Å². The third-order valence-electron chi connectivity index (χ3n) is 3.42. The summed E-state index contributed by atoms with van der Waals surface area (Å²) in [5.41, 5.74) is -0.149. The smallest absolute Gasteiger partial charge is 0.417 e. The maximum absolute atomic E-state index is 13.0. The van der Waals surface area contributed by atoms with Crippen molar-refractivity contribution in [1.29, 1.82) is 0 Å². The Balaban J connectivity index is 2.51. The number of carbonyl (C=O) groups is 1. The van der Waals surface area contributed by atoms with Crippen LogP contribution < -0.4 is 9.64 Å². The zero-order chi connectivity index (χ0) is 18.8. The van der Waals surface area contributed by atoms with Gasteiger partial charge in [-0.15, -0.1) is 0 Å². The Hall–Kier alpha value is -2.77. The summed E-state index contributed by atoms with van der Waals surface area (Å²) in [7, 11) is 3.35. The first-order valence-electron chi connectivity index (χ1n) is 7.34. The van der Waals surface area contributed by atoms with E-state index in [-0.39, 0.29) is 11.3 Å². The molecule has 0 saturated heterocycles. The Labute approximate surface area is 142 Å². The quantitative estimate of drug-likeness (QED) is 0.887. The number of hydrogen-bond donors (Lipinski definition) is 1. The first-order valence-corrected chi connectivity index (χ1v) is 7.34. The Kier molecular flexibility index (Phi) is 5.20. The molecule has 0 aliphatic rings. The summed E-state index contributed by atoms with van der Waals surface area (Å²) in [6.45, 7) is 1.37. The highest BCUT2D eigenvalue weighted by atomic mass is 19.4. The predicted octanol–water partition coefficient (Wildman–Crippen LogP) is 3.69. The van der Waals surface area contributed by atoms with Crippen molar-refractivity contribution in [2.45, 2.75) is 19.2 Å². The van der Waals surface area contributed by atoms with Crippen LogP contribution in [0.3, 0.4) is 0 Å². The molecule has 25 heavy (non-hydrogen) atoms. The van der Waals surface area contributed by atoms with Crippen LogP contribution in [-0.4, -0.2) is 36.3 Å². The van der Waals surface area contributed by atoms with Gasteiger partial charge in [0.05, 0.1) is 5.56 Å². The second-order valence-corrected chi connectivity index (χ2v) is 5.61. The van der Waals surface area contributed by atoms with Gasteiger partial charge in [-0.3, -0.25) is 0 Å². The number of rotatable bonds is 5. The van der Waals surface area contributed by atoms with E-state index in [1.165, 1.54) is 13.0 Å². The number of anilines is 1. The molecule has 2 rings (SSSR count). The third kappa shape index (κ3) is 4.40. The number of ether oxygens (including phenoxy) is 1. The van der Waals surface area contributed by atoms with Crippen LogP contribution in [0, 0.1) is 0 Å². The van der Waals surface area contributed by atoms with Crippen molar-refractivity contribution in [1.82, 2.24) is 4.98 Å². The molecule has 1 N–H and O–H groups in total. The number of aromatic nitrogens is 1. The zero-order valence-electron chi connectivity index (χ0n) is 13.8. The summed E-state index contributed by atoms with van der Waals surface area (Å²) >= 11 is 0. The molecule has 0 unspecified atom stereocenters. The van der Waals surface area contributed by atoms with Crippen molar-refractivity contribution < 1.29 is 27.8 Å². The predicted molar refractivity (Wildman–Crippen MR) is 86.7 cm³/mol. The molecule has 2 aromatic rings. The average molecular weight is 354 g/mol. The van der Waals surface area contributed by atoms with Gasteiger partial charge in [-0.05, 0) is 30.7 Å². The largest absolute Gasteiger partial charge is 0.479 e. The van der Waals surface area contributed by atoms with E-state index >= 15 is 0 Å². The average Bonchev–Trinajstić information content (AvgIpc) is 2.53. The number of nitrogens with zero attached hydrogens (tertiary/aromatic N) is 2. The second-order valence-electron chi connectivity index (χ2n) is 5.61. The second kappa shape index (κ2) is 7.00. The molecule has 0 aliphatic carbocycles. The lowest BCUT2D eigenvalue weighted by atomic mass is 10.0. The fraction of sp³-hybridized carbons (Fsp3) is 0.294. The summed E-state index contributed by atoms with van der Waals surface area (Å²) < 4.78 is 44.3. The number of aliphatic carboxylic acids is 1. The number of alkyl halides is 3. The van der Waals surface area contributed by atoms with Crippen LogP contribution in [0.4, 0.5) is 19.0 Å². The molecule has 0 aliphatic heterocycles. The van der Waals surface area contributed by atoms with Crippen LogP contribution >= 0.6 is 0 Å². The van der Waals surface area contributed by atoms with Gasteiger partial charge in [0.2, 0.25) is 0 Å². The highest BCUT2D eigenvalue weighted by Crippen LogP contribution is 2.36. The fourth-order valence-electron chi connectivity index (χ4n) is 2.17. The topological polar surface area (TPSA) is 62.7 Å². The summed E-state index contributed by atoms with van der Waals surface area (Å²) in [5.74, 6) is -0.536. The van der Waals surface area contributed by atoms with Gasteiger partial charge in [0.1, 0.15) is 11.6 Å². The van der Waals surface area contributed by atoms with E-state index in [1.807, 2.05) is 0 Å². The van der Waals surface area contributed by atoms with E-state index in [1.54, 1.807) is 37.2 Å². The van der Waals surface area contributed by atoms with Crippen molar-refractivity contribution in [2.75, 3.05) is 19.0 Å². The molecule has 0 saturated carbocycles. The van der Waals surface area contributed by atoms with E-state index in [2.05, 4.69) is 4.98 Å². The number of hydrogen-bond acceptors (Lipinski definition) is 4. The number of benzene rings is 1. The van der Waals surface area contributed by atoms with Crippen LogP contribution in [0.2, 0.25) is 0 Å². The van der Waals surface area contributed by atoms with E-state index in [0.717, 1.165) is 12.3 Å². The maximum Gasteiger partial charge on any atom is 0.417 e. The number of carboxylic acids is 1. The van der Waals surface area contributed by atoms with Gasteiger partial charge >= 0.3 is 12.1 Å². The molecule has 1 atom stereocenters. The fourth-order valence-corrected chi connectivity index (χ4v) is 2.17. The molecule has 0 fully saturated rings. The standard InChI is InChI=1S/C17H17F3N2O3/c1-10(16(23)24)25-13-6-4-5-11(7-13)14-8-12(17(18,19)20)9-21-15(14)22(2)3/h4-10H,1-3H3,(H,23,24)/t10-/m1/s1. The SMILES string of the molecule is C[C@@H](Oc1cccc(-c2cc(C(F)(F)F)cnc2N(C)C)c1)C(=O)O. The highest BCUT2D eigenvalue weighted by molar-refractivity contribution is 5.77. The van der Waals surface area contributed by atoms with Crippen molar-refractivity contribution >= 4 is 11.8 Å². The molecule has 0 radical (unpaired) electrons. The van der Waals surface area contributed by atoms with Crippen LogP contribution in [0.5, 0.6) is 5.75 Å². The lowest BCUT2D eigenvalue weighted by Gasteiger charge is -2.19. The van der Waals surface area contributed by atoms with Gasteiger partial charge < -0.3 is 14.7 Å². The number of pyridine rings is 1. The Bertz CT molecular complexity index is 776. The van der Waals surface area contributed by atoms with Crippen molar-refractivity contribution in [3.8, 4) is 16.9 Å². The molecule has 0 amide bonds. The van der Waals surface area contributed by atoms with Crippen LogP contribution in [-0.2, 0) is 11.0 Å². The van der Waals surface area contributed by atoms with Crippen molar-refractivity contribution in [3.63, 3.8) is 0 Å². The molecule has 1 heterocycles. The van der Waals surface area contributed by atoms with Gasteiger partial charge in [0.25, 0.3) is 0 Å². The maximum atomic E-state index is 13.0. The minimum absolute atomic E-state index is 0.245. The molecule has 134 valence electrons. The minimum atomic E-state index is -4.52. The summed E-state index contributed by atoms with van der Waals surface area (Å²) in [4.78, 5) is 16.4. The van der Waals surface area contributed by atoms with Crippen LogP contribution in [0.15, 0.2) is 36.5 Å². The molecular formula is C17H17F3N2O3. The lowest BCUT2D eigenvalue weighted by Crippen LogP contribution is -2.22. The zero-order valence-corrected chi connectivity index (χ0v) is 13.8. The minimum Gasteiger partial charge on any atom is -0.479 e. The van der Waals surface area contributed by atoms with E-state index in [0.29, 0.717) is 11.4 Å². The Morgan fingerprint density at radius 2 is 1.96 bits per heavy atom. The monoisotopic (exact) mass is 354 g/mol. The Morgan fingerprint density at radius 1 is 1.28 bits per heavy atom. The summed E-state index contributed by atoms with van der Waals surface area (Å²) in [6.07, 6.45) is -4.81. The molecule has 0 spiro atoms. The van der Waals surface area contributed by atoms with E-state index in [4.69, 9.17) is 9.84 Å².